The van der Waals surface area contributed by atoms with Gasteiger partial charge < -0.3 is 5.32 Å². The molecule has 0 bridgehead atoms. The average molecular weight is 326 g/mol. The van der Waals surface area contributed by atoms with Crippen molar-refractivity contribution in [3.05, 3.63) is 45.9 Å². The maximum Gasteiger partial charge on any atom is 0.139 e. The second kappa shape index (κ2) is 5.74. The first kappa shape index (κ1) is 14.1. The lowest BCUT2D eigenvalue weighted by atomic mass is 10.2. The van der Waals surface area contributed by atoms with E-state index < -0.39 is 0 Å². The Morgan fingerprint density at radius 1 is 1.42 bits per heavy atom. The van der Waals surface area contributed by atoms with E-state index >= 15 is 0 Å². The smallest absolute Gasteiger partial charge is 0.139 e. The minimum absolute atomic E-state index is 0.263. The van der Waals surface area contributed by atoms with Gasteiger partial charge in [0.25, 0.3) is 0 Å². The molecule has 0 saturated heterocycles. The molecule has 0 unspecified atom stereocenters. The Labute approximate surface area is 121 Å². The van der Waals surface area contributed by atoms with Gasteiger partial charge in [0, 0.05) is 17.9 Å². The zero-order chi connectivity index (χ0) is 14.0. The van der Waals surface area contributed by atoms with Gasteiger partial charge in [-0.3, -0.25) is 4.68 Å². The summed E-state index contributed by atoms with van der Waals surface area (Å²) in [6.45, 7) is 6.69. The second-order valence-electron chi connectivity index (χ2n) is 4.82. The second-order valence-corrected chi connectivity index (χ2v) is 5.67. The number of aromatic nitrogens is 2. The highest BCUT2D eigenvalue weighted by atomic mass is 79.9. The minimum Gasteiger partial charge on any atom is -0.379 e. The lowest BCUT2D eigenvalue weighted by Gasteiger charge is -2.09. The molecule has 1 aromatic carbocycles. The quantitative estimate of drug-likeness (QED) is 0.908. The predicted octanol–water partition coefficient (Wildman–Crippen LogP) is 4.29. The molecule has 0 spiro atoms. The van der Waals surface area contributed by atoms with E-state index in [1.54, 1.807) is 6.07 Å². The van der Waals surface area contributed by atoms with Crippen molar-refractivity contribution in [2.24, 2.45) is 0 Å². The number of aryl methyl sites for hydroxylation is 1. The summed E-state index contributed by atoms with van der Waals surface area (Å²) in [7, 11) is 0. The maximum atomic E-state index is 13.5. The Hall–Kier alpha value is -1.36. The van der Waals surface area contributed by atoms with Gasteiger partial charge in [0.1, 0.15) is 5.82 Å². The van der Waals surface area contributed by atoms with Crippen LogP contribution in [0, 0.1) is 12.7 Å². The van der Waals surface area contributed by atoms with Crippen LogP contribution < -0.4 is 5.32 Å². The van der Waals surface area contributed by atoms with Gasteiger partial charge in [0.15, 0.2) is 0 Å². The molecule has 1 aromatic heterocycles. The summed E-state index contributed by atoms with van der Waals surface area (Å²) in [4.78, 5) is 0. The molecular weight excluding hydrogens is 309 g/mol. The molecule has 0 saturated carbocycles. The van der Waals surface area contributed by atoms with Gasteiger partial charge in [-0.1, -0.05) is 0 Å². The highest BCUT2D eigenvalue weighted by Gasteiger charge is 2.06. The molecule has 1 N–H and O–H groups in total. The van der Waals surface area contributed by atoms with E-state index in [-0.39, 0.29) is 5.82 Å². The molecule has 19 heavy (non-hydrogen) atoms. The van der Waals surface area contributed by atoms with Crippen molar-refractivity contribution >= 4 is 21.6 Å². The van der Waals surface area contributed by atoms with Crippen LogP contribution in [0.1, 0.15) is 31.1 Å². The fourth-order valence-corrected chi connectivity index (χ4v) is 2.24. The van der Waals surface area contributed by atoms with Gasteiger partial charge in [-0.2, -0.15) is 5.10 Å². The Kier molecular flexibility index (Phi) is 4.24. The van der Waals surface area contributed by atoms with Gasteiger partial charge >= 0.3 is 0 Å². The normalized spacial score (nSPS) is 11.1. The van der Waals surface area contributed by atoms with Crippen molar-refractivity contribution in [2.75, 3.05) is 5.32 Å². The van der Waals surface area contributed by atoms with Crippen LogP contribution in [0.5, 0.6) is 0 Å². The molecule has 0 radical (unpaired) electrons. The molecule has 1 heterocycles. The standard InChI is InChI=1S/C14H17BrFN3/c1-9(2)19-5-4-11(18-19)8-17-14-7-13(16)12(15)6-10(14)3/h4-7,9,17H,8H2,1-3H3. The number of benzene rings is 1. The van der Waals surface area contributed by atoms with Crippen LogP contribution >= 0.6 is 15.9 Å². The molecule has 3 nitrogen and oxygen atoms in total. The van der Waals surface area contributed by atoms with Crippen LogP contribution in [0.15, 0.2) is 28.9 Å². The molecule has 0 aliphatic rings. The zero-order valence-electron chi connectivity index (χ0n) is 11.2. The van der Waals surface area contributed by atoms with Gasteiger partial charge in [-0.15, -0.1) is 0 Å². The SMILES string of the molecule is Cc1cc(Br)c(F)cc1NCc1ccn(C(C)C)n1. The Morgan fingerprint density at radius 3 is 2.79 bits per heavy atom. The van der Waals surface area contributed by atoms with Crippen LogP contribution in [0.3, 0.4) is 0 Å². The van der Waals surface area contributed by atoms with E-state index in [9.17, 15) is 4.39 Å². The van der Waals surface area contributed by atoms with Crippen molar-refractivity contribution in [3.63, 3.8) is 0 Å². The number of hydrogen-bond acceptors (Lipinski definition) is 2. The van der Waals surface area contributed by atoms with E-state index in [4.69, 9.17) is 0 Å². The molecule has 0 atom stereocenters. The molecule has 0 amide bonds. The fraction of sp³-hybridized carbons (Fsp3) is 0.357. The van der Waals surface area contributed by atoms with E-state index in [0.29, 0.717) is 17.1 Å². The van der Waals surface area contributed by atoms with Crippen molar-refractivity contribution in [2.45, 2.75) is 33.4 Å². The van der Waals surface area contributed by atoms with E-state index in [2.05, 4.69) is 40.2 Å². The first-order chi connectivity index (χ1) is 8.97. The van der Waals surface area contributed by atoms with E-state index in [1.807, 2.05) is 23.9 Å². The van der Waals surface area contributed by atoms with Gasteiger partial charge in [-0.05, 0) is 60.5 Å². The van der Waals surface area contributed by atoms with Gasteiger partial charge in [-0.25, -0.2) is 4.39 Å². The van der Waals surface area contributed by atoms with Gasteiger partial charge in [0.05, 0.1) is 16.7 Å². The number of anilines is 1. The molecule has 2 aromatic rings. The topological polar surface area (TPSA) is 29.9 Å². The molecule has 0 aliphatic heterocycles. The van der Waals surface area contributed by atoms with E-state index in [1.165, 1.54) is 6.07 Å². The minimum atomic E-state index is -0.263. The zero-order valence-corrected chi connectivity index (χ0v) is 12.8. The number of halogens is 2. The van der Waals surface area contributed by atoms with Crippen LogP contribution in [-0.4, -0.2) is 9.78 Å². The molecule has 0 fully saturated rings. The number of nitrogens with one attached hydrogen (secondary N) is 1. The van der Waals surface area contributed by atoms with Gasteiger partial charge in [0.2, 0.25) is 0 Å². The lowest BCUT2D eigenvalue weighted by molar-refractivity contribution is 0.527. The maximum absolute atomic E-state index is 13.5. The van der Waals surface area contributed by atoms with Crippen molar-refractivity contribution in [3.8, 4) is 0 Å². The highest BCUT2D eigenvalue weighted by molar-refractivity contribution is 9.10. The average Bonchev–Trinajstić information content (AvgIpc) is 2.81. The summed E-state index contributed by atoms with van der Waals surface area (Å²) in [6, 6.07) is 5.58. The van der Waals surface area contributed by atoms with Crippen molar-refractivity contribution in [1.82, 2.24) is 9.78 Å². The Morgan fingerprint density at radius 2 is 2.16 bits per heavy atom. The first-order valence-electron chi connectivity index (χ1n) is 6.21. The third kappa shape index (κ3) is 3.35. The first-order valence-corrected chi connectivity index (χ1v) is 7.00. The molecule has 102 valence electrons. The molecule has 5 heteroatoms. The summed E-state index contributed by atoms with van der Waals surface area (Å²) in [5, 5.41) is 7.66. The number of hydrogen-bond donors (Lipinski definition) is 1. The van der Waals surface area contributed by atoms with Crippen LogP contribution in [0.4, 0.5) is 10.1 Å². The van der Waals surface area contributed by atoms with E-state index in [0.717, 1.165) is 16.9 Å². The summed E-state index contributed by atoms with van der Waals surface area (Å²) in [6.07, 6.45) is 1.96. The summed E-state index contributed by atoms with van der Waals surface area (Å²) >= 11 is 3.18. The largest absolute Gasteiger partial charge is 0.379 e. The monoisotopic (exact) mass is 325 g/mol. The van der Waals surface area contributed by atoms with Crippen LogP contribution in [-0.2, 0) is 6.54 Å². The molecule has 2 rings (SSSR count). The Balaban J connectivity index is 2.07. The predicted molar refractivity (Wildman–Crippen MR) is 78.8 cm³/mol. The summed E-state index contributed by atoms with van der Waals surface area (Å²) in [5.74, 6) is -0.263. The number of rotatable bonds is 4. The fourth-order valence-electron chi connectivity index (χ4n) is 1.78. The molecular formula is C14H17BrFN3. The third-order valence-corrected chi connectivity index (χ3v) is 3.53. The number of nitrogens with zero attached hydrogens (tertiary/aromatic N) is 2. The van der Waals surface area contributed by atoms with Crippen LogP contribution in [0.2, 0.25) is 0 Å². The highest BCUT2D eigenvalue weighted by Crippen LogP contribution is 2.24. The van der Waals surface area contributed by atoms with Crippen molar-refractivity contribution in [1.29, 1.82) is 0 Å². The molecule has 0 aliphatic carbocycles. The summed E-state index contributed by atoms with van der Waals surface area (Å²) in [5.41, 5.74) is 2.73. The lowest BCUT2D eigenvalue weighted by Crippen LogP contribution is -2.05. The Bertz CT molecular complexity index is 578. The summed E-state index contributed by atoms with van der Waals surface area (Å²) < 4.78 is 15.9. The third-order valence-electron chi connectivity index (χ3n) is 2.92. The van der Waals surface area contributed by atoms with Crippen molar-refractivity contribution < 1.29 is 4.39 Å². The van der Waals surface area contributed by atoms with Crippen LogP contribution in [0.25, 0.3) is 0 Å².